The lowest BCUT2D eigenvalue weighted by atomic mass is 9.95. The summed E-state index contributed by atoms with van der Waals surface area (Å²) in [6.07, 6.45) is 4.32. The first-order valence-electron chi connectivity index (χ1n) is 6.30. The second-order valence-electron chi connectivity index (χ2n) is 4.75. The molecule has 1 amide bonds. The second kappa shape index (κ2) is 6.86. The van der Waals surface area contributed by atoms with E-state index in [1.54, 1.807) is 0 Å². The minimum atomic E-state index is 0.185. The number of hydrogen-bond acceptors (Lipinski definition) is 3. The molecular weight excluding hydrogens is 202 g/mol. The van der Waals surface area contributed by atoms with E-state index in [1.165, 1.54) is 0 Å². The molecule has 4 nitrogen and oxygen atoms in total. The first kappa shape index (κ1) is 13.5. The molecule has 2 unspecified atom stereocenters. The van der Waals surface area contributed by atoms with E-state index >= 15 is 0 Å². The van der Waals surface area contributed by atoms with Crippen molar-refractivity contribution >= 4 is 5.91 Å². The summed E-state index contributed by atoms with van der Waals surface area (Å²) in [4.78, 5) is 14.0. The van der Waals surface area contributed by atoms with Gasteiger partial charge in [0, 0.05) is 19.5 Å². The van der Waals surface area contributed by atoms with Crippen molar-refractivity contribution in [1.29, 1.82) is 0 Å². The highest BCUT2D eigenvalue weighted by Gasteiger charge is 2.33. The summed E-state index contributed by atoms with van der Waals surface area (Å²) in [5.41, 5.74) is 5.70. The normalized spacial score (nSPS) is 24.7. The zero-order valence-corrected chi connectivity index (χ0v) is 10.5. The summed E-state index contributed by atoms with van der Waals surface area (Å²) in [6, 6.07) is 0. The Hall–Kier alpha value is -0.610. The first-order valence-corrected chi connectivity index (χ1v) is 6.30. The minimum Gasteiger partial charge on any atom is -0.345 e. The van der Waals surface area contributed by atoms with E-state index in [1.807, 2.05) is 19.0 Å². The summed E-state index contributed by atoms with van der Waals surface area (Å²) in [5.74, 6) is 0.896. The molecule has 1 saturated carbocycles. The molecule has 3 N–H and O–H groups in total. The van der Waals surface area contributed by atoms with Crippen molar-refractivity contribution in [3.63, 3.8) is 0 Å². The van der Waals surface area contributed by atoms with E-state index in [-0.39, 0.29) is 5.92 Å². The SMILES string of the molecule is CNCCCN(C)C(=O)C1CCCC1CN. The molecule has 0 radical (unpaired) electrons. The van der Waals surface area contributed by atoms with Gasteiger partial charge in [0.25, 0.3) is 0 Å². The molecule has 0 aromatic rings. The summed E-state index contributed by atoms with van der Waals surface area (Å²) < 4.78 is 0. The monoisotopic (exact) mass is 227 g/mol. The van der Waals surface area contributed by atoms with Crippen LogP contribution in [0.2, 0.25) is 0 Å². The summed E-state index contributed by atoms with van der Waals surface area (Å²) in [7, 11) is 3.84. The van der Waals surface area contributed by atoms with E-state index in [9.17, 15) is 4.79 Å². The third-order valence-electron chi connectivity index (χ3n) is 3.58. The summed E-state index contributed by atoms with van der Waals surface area (Å²) >= 11 is 0. The lowest BCUT2D eigenvalue weighted by Gasteiger charge is -2.24. The quantitative estimate of drug-likeness (QED) is 0.647. The van der Waals surface area contributed by atoms with Crippen molar-refractivity contribution in [3.05, 3.63) is 0 Å². The molecule has 1 aliphatic rings. The largest absolute Gasteiger partial charge is 0.345 e. The highest BCUT2D eigenvalue weighted by Crippen LogP contribution is 2.32. The summed E-state index contributed by atoms with van der Waals surface area (Å²) in [5, 5.41) is 3.09. The number of hydrogen-bond donors (Lipinski definition) is 2. The van der Waals surface area contributed by atoms with Crippen molar-refractivity contribution in [2.75, 3.05) is 33.7 Å². The zero-order valence-electron chi connectivity index (χ0n) is 10.5. The Morgan fingerprint density at radius 2 is 2.25 bits per heavy atom. The molecular formula is C12H25N3O. The Morgan fingerprint density at radius 1 is 1.50 bits per heavy atom. The predicted molar refractivity (Wildman–Crippen MR) is 66.1 cm³/mol. The summed E-state index contributed by atoms with van der Waals surface area (Å²) in [6.45, 7) is 2.46. The Balaban J connectivity index is 2.37. The van der Waals surface area contributed by atoms with E-state index in [0.717, 1.165) is 38.8 Å². The van der Waals surface area contributed by atoms with Crippen molar-refractivity contribution in [2.24, 2.45) is 17.6 Å². The van der Waals surface area contributed by atoms with Gasteiger partial charge in [-0.25, -0.2) is 0 Å². The van der Waals surface area contributed by atoms with Gasteiger partial charge in [-0.1, -0.05) is 6.42 Å². The van der Waals surface area contributed by atoms with Crippen LogP contribution >= 0.6 is 0 Å². The molecule has 0 heterocycles. The Labute approximate surface area is 98.6 Å². The highest BCUT2D eigenvalue weighted by molar-refractivity contribution is 5.79. The van der Waals surface area contributed by atoms with E-state index in [2.05, 4.69) is 5.32 Å². The number of nitrogens with zero attached hydrogens (tertiary/aromatic N) is 1. The van der Waals surface area contributed by atoms with E-state index in [4.69, 9.17) is 5.73 Å². The van der Waals surface area contributed by atoms with E-state index in [0.29, 0.717) is 18.4 Å². The van der Waals surface area contributed by atoms with Crippen molar-refractivity contribution in [1.82, 2.24) is 10.2 Å². The van der Waals surface area contributed by atoms with E-state index < -0.39 is 0 Å². The molecule has 0 aromatic heterocycles. The first-order chi connectivity index (χ1) is 7.70. The smallest absolute Gasteiger partial charge is 0.225 e. The topological polar surface area (TPSA) is 58.4 Å². The van der Waals surface area contributed by atoms with Gasteiger partial charge < -0.3 is 16.0 Å². The van der Waals surface area contributed by atoms with Crippen LogP contribution in [0.1, 0.15) is 25.7 Å². The van der Waals surface area contributed by atoms with Crippen LogP contribution in [0.3, 0.4) is 0 Å². The number of amides is 1. The second-order valence-corrected chi connectivity index (χ2v) is 4.75. The van der Waals surface area contributed by atoms with Gasteiger partial charge in [-0.2, -0.15) is 0 Å². The van der Waals surface area contributed by atoms with Crippen LogP contribution < -0.4 is 11.1 Å². The molecule has 94 valence electrons. The number of rotatable bonds is 6. The maximum atomic E-state index is 12.2. The van der Waals surface area contributed by atoms with Gasteiger partial charge in [0.1, 0.15) is 0 Å². The van der Waals surface area contributed by atoms with Crippen LogP contribution in [0.15, 0.2) is 0 Å². The average molecular weight is 227 g/mol. The lowest BCUT2D eigenvalue weighted by molar-refractivity contribution is -0.135. The molecule has 0 spiro atoms. The fourth-order valence-corrected chi connectivity index (χ4v) is 2.53. The van der Waals surface area contributed by atoms with Gasteiger partial charge in [-0.05, 0) is 45.3 Å². The molecule has 0 aromatic carbocycles. The van der Waals surface area contributed by atoms with Gasteiger partial charge in [0.05, 0.1) is 0 Å². The minimum absolute atomic E-state index is 0.185. The van der Waals surface area contributed by atoms with Crippen LogP contribution in [-0.2, 0) is 4.79 Å². The number of nitrogens with two attached hydrogens (primary N) is 1. The third kappa shape index (κ3) is 3.46. The van der Waals surface area contributed by atoms with Gasteiger partial charge in [-0.15, -0.1) is 0 Å². The van der Waals surface area contributed by atoms with Gasteiger partial charge in [0.2, 0.25) is 5.91 Å². The maximum Gasteiger partial charge on any atom is 0.225 e. The van der Waals surface area contributed by atoms with Gasteiger partial charge in [0.15, 0.2) is 0 Å². The molecule has 0 bridgehead atoms. The molecule has 1 aliphatic carbocycles. The maximum absolute atomic E-state index is 12.2. The van der Waals surface area contributed by atoms with Crippen LogP contribution in [-0.4, -0.2) is 44.5 Å². The van der Waals surface area contributed by atoms with Crippen molar-refractivity contribution < 1.29 is 4.79 Å². The van der Waals surface area contributed by atoms with Crippen LogP contribution in [0.25, 0.3) is 0 Å². The van der Waals surface area contributed by atoms with Crippen LogP contribution in [0.5, 0.6) is 0 Å². The highest BCUT2D eigenvalue weighted by atomic mass is 16.2. The molecule has 0 aliphatic heterocycles. The third-order valence-corrected chi connectivity index (χ3v) is 3.58. The van der Waals surface area contributed by atoms with Gasteiger partial charge >= 0.3 is 0 Å². The Kier molecular flexibility index (Phi) is 5.77. The van der Waals surface area contributed by atoms with Crippen molar-refractivity contribution in [3.8, 4) is 0 Å². The van der Waals surface area contributed by atoms with Crippen LogP contribution in [0, 0.1) is 11.8 Å². The lowest BCUT2D eigenvalue weighted by Crippen LogP contribution is -2.37. The van der Waals surface area contributed by atoms with Crippen LogP contribution in [0.4, 0.5) is 0 Å². The molecule has 1 rings (SSSR count). The number of carbonyl (C=O) groups is 1. The molecule has 1 fully saturated rings. The molecule has 4 heteroatoms. The fourth-order valence-electron chi connectivity index (χ4n) is 2.53. The molecule has 0 saturated heterocycles. The number of nitrogens with one attached hydrogen (secondary N) is 1. The Morgan fingerprint density at radius 3 is 2.88 bits per heavy atom. The Bertz CT molecular complexity index is 220. The predicted octanol–water partition coefficient (Wildman–Crippen LogP) is 0.429. The zero-order chi connectivity index (χ0) is 12.0. The van der Waals surface area contributed by atoms with Crippen molar-refractivity contribution in [2.45, 2.75) is 25.7 Å². The molecule has 2 atom stereocenters. The van der Waals surface area contributed by atoms with Gasteiger partial charge in [-0.3, -0.25) is 4.79 Å². The fraction of sp³-hybridized carbons (Fsp3) is 0.917. The standard InChI is InChI=1S/C12H25N3O/c1-14-7-4-8-15(2)12(16)11-6-3-5-10(11)9-13/h10-11,14H,3-9,13H2,1-2H3. The number of carbonyl (C=O) groups excluding carboxylic acids is 1. The molecule has 16 heavy (non-hydrogen) atoms. The average Bonchev–Trinajstić information content (AvgIpc) is 2.76.